The standard InChI is InChI=1S/C23H25N3O3S/c1-14-18(23(29)25-9-7-20-15(12-25)8-10-30-20)3-2-4-19(14)24-22(28)16-11-21(27)26(13-16)17-5-6-17/h2-4,8,10,16-17H,5-7,9,11-13H2,1H3,(H,24,28)/t16-/m0/s1. The zero-order valence-electron chi connectivity index (χ0n) is 17.0. The lowest BCUT2D eigenvalue weighted by Gasteiger charge is -2.28. The number of nitrogens with one attached hydrogen (secondary N) is 1. The van der Waals surface area contributed by atoms with Gasteiger partial charge in [0.25, 0.3) is 5.91 Å². The van der Waals surface area contributed by atoms with E-state index in [1.165, 1.54) is 10.4 Å². The van der Waals surface area contributed by atoms with Crippen molar-refractivity contribution >= 4 is 34.7 Å². The van der Waals surface area contributed by atoms with Gasteiger partial charge in [-0.3, -0.25) is 14.4 Å². The van der Waals surface area contributed by atoms with Crippen molar-refractivity contribution < 1.29 is 14.4 Å². The Labute approximate surface area is 179 Å². The number of benzene rings is 1. The van der Waals surface area contributed by atoms with E-state index in [0.29, 0.717) is 36.9 Å². The van der Waals surface area contributed by atoms with Crippen molar-refractivity contribution in [3.63, 3.8) is 0 Å². The summed E-state index contributed by atoms with van der Waals surface area (Å²) in [5, 5.41) is 5.06. The van der Waals surface area contributed by atoms with Crippen molar-refractivity contribution in [2.24, 2.45) is 5.92 Å². The summed E-state index contributed by atoms with van der Waals surface area (Å²) in [5.74, 6) is -0.386. The van der Waals surface area contributed by atoms with Crippen molar-refractivity contribution in [2.45, 2.75) is 45.2 Å². The molecular weight excluding hydrogens is 398 g/mol. The molecule has 2 aliphatic heterocycles. The highest BCUT2D eigenvalue weighted by Gasteiger charge is 2.41. The van der Waals surface area contributed by atoms with Crippen LogP contribution < -0.4 is 5.32 Å². The smallest absolute Gasteiger partial charge is 0.254 e. The zero-order valence-corrected chi connectivity index (χ0v) is 17.8. The van der Waals surface area contributed by atoms with E-state index in [-0.39, 0.29) is 30.1 Å². The van der Waals surface area contributed by atoms with Crippen molar-refractivity contribution in [1.29, 1.82) is 0 Å². The summed E-state index contributed by atoms with van der Waals surface area (Å²) >= 11 is 1.75. The molecule has 0 radical (unpaired) electrons. The van der Waals surface area contributed by atoms with Gasteiger partial charge >= 0.3 is 0 Å². The lowest BCUT2D eigenvalue weighted by atomic mass is 10.0. The second-order valence-electron chi connectivity index (χ2n) is 8.49. The second-order valence-corrected chi connectivity index (χ2v) is 9.49. The Bertz CT molecular complexity index is 1030. The monoisotopic (exact) mass is 423 g/mol. The van der Waals surface area contributed by atoms with E-state index < -0.39 is 0 Å². The molecule has 5 rings (SSSR count). The number of likely N-dealkylation sites (tertiary alicyclic amines) is 1. The van der Waals surface area contributed by atoms with Gasteiger partial charge in [-0.1, -0.05) is 6.07 Å². The number of fused-ring (bicyclic) bond motifs is 1. The normalized spacial score (nSPS) is 21.0. The number of carbonyl (C=O) groups excluding carboxylic acids is 3. The van der Waals surface area contributed by atoms with Crippen LogP contribution in [0, 0.1) is 12.8 Å². The van der Waals surface area contributed by atoms with E-state index in [1.54, 1.807) is 11.3 Å². The Morgan fingerprint density at radius 2 is 2.03 bits per heavy atom. The van der Waals surface area contributed by atoms with Gasteiger partial charge in [-0.2, -0.15) is 0 Å². The van der Waals surface area contributed by atoms with Crippen LogP contribution in [0.3, 0.4) is 0 Å². The molecule has 1 atom stereocenters. The molecule has 156 valence electrons. The minimum Gasteiger partial charge on any atom is -0.339 e. The Hall–Kier alpha value is -2.67. The first-order chi connectivity index (χ1) is 14.5. The molecule has 2 aromatic rings. The molecule has 0 unspecified atom stereocenters. The van der Waals surface area contributed by atoms with Crippen LogP contribution in [-0.4, -0.2) is 46.7 Å². The number of carbonyl (C=O) groups is 3. The molecule has 3 heterocycles. The highest BCUT2D eigenvalue weighted by atomic mass is 32.1. The van der Waals surface area contributed by atoms with Gasteiger partial charge in [0, 0.05) is 48.2 Å². The number of rotatable bonds is 4. The average Bonchev–Trinajstić information content (AvgIpc) is 3.34. The molecule has 2 fully saturated rings. The predicted octanol–water partition coefficient (Wildman–Crippen LogP) is 3.20. The summed E-state index contributed by atoms with van der Waals surface area (Å²) in [7, 11) is 0. The number of hydrogen-bond donors (Lipinski definition) is 1. The third-order valence-corrected chi connectivity index (χ3v) is 7.46. The summed E-state index contributed by atoms with van der Waals surface area (Å²) in [6.07, 6.45) is 3.26. The van der Waals surface area contributed by atoms with Gasteiger partial charge in [0.2, 0.25) is 11.8 Å². The first kappa shape index (κ1) is 19.3. The minimum absolute atomic E-state index is 0.00333. The van der Waals surface area contributed by atoms with Crippen LogP contribution in [0.4, 0.5) is 5.69 Å². The van der Waals surface area contributed by atoms with E-state index in [4.69, 9.17) is 0 Å². The Morgan fingerprint density at radius 1 is 1.20 bits per heavy atom. The number of anilines is 1. The number of amides is 3. The lowest BCUT2D eigenvalue weighted by Crippen LogP contribution is -2.35. The minimum atomic E-state index is -0.323. The van der Waals surface area contributed by atoms with E-state index >= 15 is 0 Å². The highest BCUT2D eigenvalue weighted by Crippen LogP contribution is 2.33. The summed E-state index contributed by atoms with van der Waals surface area (Å²) in [6.45, 7) is 3.72. The molecule has 1 saturated carbocycles. The van der Waals surface area contributed by atoms with Crippen LogP contribution in [0.5, 0.6) is 0 Å². The van der Waals surface area contributed by atoms with Crippen LogP contribution >= 0.6 is 11.3 Å². The molecule has 30 heavy (non-hydrogen) atoms. The van der Waals surface area contributed by atoms with Gasteiger partial charge in [-0.05, 0) is 60.9 Å². The van der Waals surface area contributed by atoms with E-state index in [1.807, 2.05) is 34.9 Å². The van der Waals surface area contributed by atoms with Gasteiger partial charge in [0.1, 0.15) is 0 Å². The molecule has 1 N–H and O–H groups in total. The fourth-order valence-corrected chi connectivity index (χ4v) is 5.37. The average molecular weight is 424 g/mol. The van der Waals surface area contributed by atoms with Crippen molar-refractivity contribution in [3.05, 3.63) is 51.2 Å². The molecule has 3 amide bonds. The summed E-state index contributed by atoms with van der Waals surface area (Å²) in [4.78, 5) is 43.3. The zero-order chi connectivity index (χ0) is 20.8. The topological polar surface area (TPSA) is 69.7 Å². The summed E-state index contributed by atoms with van der Waals surface area (Å²) < 4.78 is 0. The van der Waals surface area contributed by atoms with Crippen LogP contribution in [0.2, 0.25) is 0 Å². The van der Waals surface area contributed by atoms with Gasteiger partial charge in [-0.15, -0.1) is 11.3 Å². The van der Waals surface area contributed by atoms with Gasteiger partial charge < -0.3 is 15.1 Å². The van der Waals surface area contributed by atoms with E-state index in [0.717, 1.165) is 24.8 Å². The maximum atomic E-state index is 13.2. The molecule has 1 aromatic heterocycles. The van der Waals surface area contributed by atoms with Crippen molar-refractivity contribution in [3.8, 4) is 0 Å². The van der Waals surface area contributed by atoms with Crippen LogP contribution in [0.1, 0.15) is 45.6 Å². The maximum absolute atomic E-state index is 13.2. The molecule has 7 heteroatoms. The molecule has 0 bridgehead atoms. The predicted molar refractivity (Wildman–Crippen MR) is 115 cm³/mol. The van der Waals surface area contributed by atoms with E-state index in [9.17, 15) is 14.4 Å². The van der Waals surface area contributed by atoms with Crippen molar-refractivity contribution in [2.75, 3.05) is 18.4 Å². The Morgan fingerprint density at radius 3 is 2.83 bits per heavy atom. The SMILES string of the molecule is Cc1c(NC(=O)[C@H]2CC(=O)N(C3CC3)C2)cccc1C(=O)N1CCc2sccc2C1. The summed E-state index contributed by atoms with van der Waals surface area (Å²) in [5.41, 5.74) is 3.27. The Kier molecular flexibility index (Phi) is 4.85. The highest BCUT2D eigenvalue weighted by molar-refractivity contribution is 7.10. The first-order valence-corrected chi connectivity index (χ1v) is 11.4. The molecular formula is C23H25N3O3S. The van der Waals surface area contributed by atoms with E-state index in [2.05, 4.69) is 16.8 Å². The fraction of sp³-hybridized carbons (Fsp3) is 0.435. The van der Waals surface area contributed by atoms with Gasteiger partial charge in [-0.25, -0.2) is 0 Å². The van der Waals surface area contributed by atoms with Crippen LogP contribution in [-0.2, 0) is 22.6 Å². The second kappa shape index (κ2) is 7.54. The maximum Gasteiger partial charge on any atom is 0.254 e. The van der Waals surface area contributed by atoms with Gasteiger partial charge in [0.15, 0.2) is 0 Å². The fourth-order valence-electron chi connectivity index (χ4n) is 4.48. The Balaban J connectivity index is 1.29. The molecule has 1 saturated heterocycles. The lowest BCUT2D eigenvalue weighted by molar-refractivity contribution is -0.128. The van der Waals surface area contributed by atoms with Gasteiger partial charge in [0.05, 0.1) is 5.92 Å². The quantitative estimate of drug-likeness (QED) is 0.821. The molecule has 0 spiro atoms. The van der Waals surface area contributed by atoms with Crippen LogP contribution in [0.15, 0.2) is 29.6 Å². The first-order valence-electron chi connectivity index (χ1n) is 10.6. The molecule has 1 aliphatic carbocycles. The third-order valence-electron chi connectivity index (χ3n) is 6.43. The van der Waals surface area contributed by atoms with Crippen molar-refractivity contribution in [1.82, 2.24) is 9.80 Å². The number of nitrogens with zero attached hydrogens (tertiary/aromatic N) is 2. The molecule has 6 nitrogen and oxygen atoms in total. The molecule has 3 aliphatic rings. The summed E-state index contributed by atoms with van der Waals surface area (Å²) in [6, 6.07) is 7.89. The third kappa shape index (κ3) is 3.51. The number of thiophene rings is 1. The van der Waals surface area contributed by atoms with Crippen LogP contribution in [0.25, 0.3) is 0 Å². The number of hydrogen-bond acceptors (Lipinski definition) is 4. The molecule has 1 aromatic carbocycles. The largest absolute Gasteiger partial charge is 0.339 e.